The number of aromatic nitrogens is 2. The predicted molar refractivity (Wildman–Crippen MR) is 76.7 cm³/mol. The second-order valence-corrected chi connectivity index (χ2v) is 5.18. The first-order valence-electron chi connectivity index (χ1n) is 5.47. The molecule has 0 radical (unpaired) electrons. The van der Waals surface area contributed by atoms with Crippen molar-refractivity contribution in [1.82, 2.24) is 9.97 Å². The first-order valence-corrected chi connectivity index (χ1v) is 6.67. The Bertz CT molecular complexity index is 605. The predicted octanol–water partition coefficient (Wildman–Crippen LogP) is 4.44. The molecule has 0 saturated carbocycles. The highest BCUT2D eigenvalue weighted by Crippen LogP contribution is 2.23. The number of H-pyrrole nitrogens is 1. The molecule has 1 N–H and O–H groups in total. The SMILES string of the molecule is CCc1cc(=S)nc(-c2ccc(C)c(Br)c2)[nH]1. The largest absolute Gasteiger partial charge is 0.343 e. The van der Waals surface area contributed by atoms with E-state index in [-0.39, 0.29) is 0 Å². The van der Waals surface area contributed by atoms with E-state index in [4.69, 9.17) is 12.2 Å². The summed E-state index contributed by atoms with van der Waals surface area (Å²) in [6, 6.07) is 8.08. The van der Waals surface area contributed by atoms with E-state index in [0.717, 1.165) is 28.0 Å². The molecule has 1 aromatic carbocycles. The third-order valence-electron chi connectivity index (χ3n) is 2.62. The zero-order valence-corrected chi connectivity index (χ0v) is 12.2. The lowest BCUT2D eigenvalue weighted by atomic mass is 10.1. The average Bonchev–Trinajstić information content (AvgIpc) is 2.32. The van der Waals surface area contributed by atoms with Crippen LogP contribution in [0.4, 0.5) is 0 Å². The summed E-state index contributed by atoms with van der Waals surface area (Å²) in [5.41, 5.74) is 3.36. The van der Waals surface area contributed by atoms with Crippen LogP contribution in [0, 0.1) is 11.6 Å². The molecule has 2 aromatic rings. The quantitative estimate of drug-likeness (QED) is 0.831. The fourth-order valence-electron chi connectivity index (χ4n) is 1.57. The summed E-state index contributed by atoms with van der Waals surface area (Å²) in [6.07, 6.45) is 0.923. The number of benzene rings is 1. The van der Waals surface area contributed by atoms with E-state index >= 15 is 0 Å². The molecule has 0 aliphatic rings. The van der Waals surface area contributed by atoms with Crippen LogP contribution in [-0.2, 0) is 6.42 Å². The van der Waals surface area contributed by atoms with Gasteiger partial charge in [-0.3, -0.25) is 0 Å². The standard InChI is InChI=1S/C13H13BrN2S/c1-3-10-7-12(17)16-13(15-10)9-5-4-8(2)11(14)6-9/h4-7H,3H2,1-2H3,(H,15,16,17). The molecule has 0 amide bonds. The second kappa shape index (κ2) is 5.10. The molecule has 0 saturated heterocycles. The normalized spacial score (nSPS) is 10.5. The number of aryl methyl sites for hydroxylation is 2. The van der Waals surface area contributed by atoms with Crippen molar-refractivity contribution < 1.29 is 0 Å². The van der Waals surface area contributed by atoms with Gasteiger partial charge in [0.25, 0.3) is 0 Å². The molecule has 4 heteroatoms. The monoisotopic (exact) mass is 308 g/mol. The van der Waals surface area contributed by atoms with Gasteiger partial charge in [-0.05, 0) is 31.0 Å². The smallest absolute Gasteiger partial charge is 0.139 e. The Kier molecular flexibility index (Phi) is 3.74. The molecule has 0 spiro atoms. The maximum absolute atomic E-state index is 5.17. The van der Waals surface area contributed by atoms with Crippen LogP contribution in [0.25, 0.3) is 11.4 Å². The minimum absolute atomic E-state index is 0.632. The summed E-state index contributed by atoms with van der Waals surface area (Å²) in [5, 5.41) is 0. The van der Waals surface area contributed by atoms with E-state index in [1.54, 1.807) is 0 Å². The lowest BCUT2D eigenvalue weighted by Gasteiger charge is -2.06. The van der Waals surface area contributed by atoms with Crippen molar-refractivity contribution in [3.05, 3.63) is 44.6 Å². The molecule has 2 rings (SSSR count). The van der Waals surface area contributed by atoms with E-state index < -0.39 is 0 Å². The van der Waals surface area contributed by atoms with Crippen molar-refractivity contribution >= 4 is 28.1 Å². The molecule has 2 nitrogen and oxygen atoms in total. The molecule has 1 heterocycles. The van der Waals surface area contributed by atoms with Crippen molar-refractivity contribution in [3.63, 3.8) is 0 Å². The van der Waals surface area contributed by atoms with Crippen LogP contribution in [0.5, 0.6) is 0 Å². The molecule has 0 unspecified atom stereocenters. The van der Waals surface area contributed by atoms with Crippen LogP contribution in [0.3, 0.4) is 0 Å². The van der Waals surface area contributed by atoms with E-state index in [9.17, 15) is 0 Å². The lowest BCUT2D eigenvalue weighted by Crippen LogP contribution is -1.95. The summed E-state index contributed by atoms with van der Waals surface area (Å²) in [7, 11) is 0. The van der Waals surface area contributed by atoms with Gasteiger partial charge in [0.2, 0.25) is 0 Å². The second-order valence-electron chi connectivity index (χ2n) is 3.91. The molecule has 1 aromatic heterocycles. The van der Waals surface area contributed by atoms with Gasteiger partial charge in [-0.25, -0.2) is 4.98 Å². The van der Waals surface area contributed by atoms with E-state index in [2.05, 4.69) is 51.9 Å². The average molecular weight is 309 g/mol. The number of hydrogen-bond donors (Lipinski definition) is 1. The molecule has 17 heavy (non-hydrogen) atoms. The van der Waals surface area contributed by atoms with E-state index in [0.29, 0.717) is 4.64 Å². The zero-order valence-electron chi connectivity index (χ0n) is 9.75. The van der Waals surface area contributed by atoms with Gasteiger partial charge in [0, 0.05) is 15.7 Å². The van der Waals surface area contributed by atoms with Gasteiger partial charge in [-0.2, -0.15) is 0 Å². The van der Waals surface area contributed by atoms with Crippen LogP contribution >= 0.6 is 28.1 Å². The Morgan fingerprint density at radius 3 is 2.76 bits per heavy atom. The number of aromatic amines is 1. The third-order valence-corrected chi connectivity index (χ3v) is 3.69. The van der Waals surface area contributed by atoms with Crippen LogP contribution in [0.1, 0.15) is 18.2 Å². The van der Waals surface area contributed by atoms with E-state index in [1.165, 1.54) is 5.56 Å². The first kappa shape index (κ1) is 12.5. The van der Waals surface area contributed by atoms with Gasteiger partial charge >= 0.3 is 0 Å². The van der Waals surface area contributed by atoms with Gasteiger partial charge in [0.05, 0.1) is 0 Å². The Hall–Kier alpha value is -1.00. The van der Waals surface area contributed by atoms with E-state index in [1.807, 2.05) is 12.1 Å². The van der Waals surface area contributed by atoms with Crippen molar-refractivity contribution in [3.8, 4) is 11.4 Å². The molecule has 0 atom stereocenters. The number of hydrogen-bond acceptors (Lipinski definition) is 2. The molecule has 0 aliphatic carbocycles. The molecule has 0 fully saturated rings. The lowest BCUT2D eigenvalue weighted by molar-refractivity contribution is 0.999. The van der Waals surface area contributed by atoms with Gasteiger partial charge in [0.15, 0.2) is 0 Å². The number of nitrogens with zero attached hydrogens (tertiary/aromatic N) is 1. The summed E-state index contributed by atoms with van der Waals surface area (Å²) in [4.78, 5) is 7.66. The Morgan fingerprint density at radius 2 is 2.12 bits per heavy atom. The van der Waals surface area contributed by atoms with Crippen LogP contribution in [0.2, 0.25) is 0 Å². The summed E-state index contributed by atoms with van der Waals surface area (Å²) in [5.74, 6) is 0.829. The maximum Gasteiger partial charge on any atom is 0.139 e. The molecule has 0 bridgehead atoms. The van der Waals surface area contributed by atoms with Crippen molar-refractivity contribution in [2.45, 2.75) is 20.3 Å². The summed E-state index contributed by atoms with van der Waals surface area (Å²) < 4.78 is 1.71. The summed E-state index contributed by atoms with van der Waals surface area (Å²) in [6.45, 7) is 4.15. The van der Waals surface area contributed by atoms with Gasteiger partial charge in [-0.15, -0.1) is 0 Å². The fourth-order valence-corrected chi connectivity index (χ4v) is 2.19. The Balaban J connectivity index is 2.55. The topological polar surface area (TPSA) is 28.7 Å². The first-order chi connectivity index (χ1) is 8.10. The highest BCUT2D eigenvalue weighted by molar-refractivity contribution is 9.10. The van der Waals surface area contributed by atoms with Crippen LogP contribution < -0.4 is 0 Å². The van der Waals surface area contributed by atoms with Crippen LogP contribution in [0.15, 0.2) is 28.7 Å². The zero-order chi connectivity index (χ0) is 12.4. The highest BCUT2D eigenvalue weighted by Gasteiger charge is 2.03. The maximum atomic E-state index is 5.17. The van der Waals surface area contributed by atoms with Crippen molar-refractivity contribution in [2.24, 2.45) is 0 Å². The van der Waals surface area contributed by atoms with Gasteiger partial charge in [0.1, 0.15) is 10.5 Å². The van der Waals surface area contributed by atoms with Crippen molar-refractivity contribution in [2.75, 3.05) is 0 Å². The van der Waals surface area contributed by atoms with Gasteiger partial charge < -0.3 is 4.98 Å². The number of rotatable bonds is 2. The summed E-state index contributed by atoms with van der Waals surface area (Å²) >= 11 is 8.70. The Labute approximate surface area is 114 Å². The fraction of sp³-hybridized carbons (Fsp3) is 0.231. The highest BCUT2D eigenvalue weighted by atomic mass is 79.9. The Morgan fingerprint density at radius 1 is 1.35 bits per heavy atom. The molecule has 88 valence electrons. The minimum atomic E-state index is 0.632. The van der Waals surface area contributed by atoms with Crippen LogP contribution in [-0.4, -0.2) is 9.97 Å². The molecular weight excluding hydrogens is 296 g/mol. The van der Waals surface area contributed by atoms with Gasteiger partial charge in [-0.1, -0.05) is 47.2 Å². The molecular formula is C13H13BrN2S. The minimum Gasteiger partial charge on any atom is -0.343 e. The molecule has 0 aliphatic heterocycles. The third kappa shape index (κ3) is 2.82. The number of nitrogens with one attached hydrogen (secondary N) is 1. The number of halogens is 1. The van der Waals surface area contributed by atoms with Crippen molar-refractivity contribution in [1.29, 1.82) is 0 Å².